The van der Waals surface area contributed by atoms with Gasteiger partial charge in [0.2, 0.25) is 5.95 Å². The summed E-state index contributed by atoms with van der Waals surface area (Å²) in [6, 6.07) is 0.846. The van der Waals surface area contributed by atoms with Crippen LogP contribution in [0.15, 0.2) is 6.07 Å². The van der Waals surface area contributed by atoms with Crippen molar-refractivity contribution in [3.63, 3.8) is 0 Å². The van der Waals surface area contributed by atoms with E-state index in [9.17, 15) is 21.6 Å². The molecule has 1 aromatic rings. The quantitative estimate of drug-likeness (QED) is 0.880. The first-order chi connectivity index (χ1) is 9.71. The van der Waals surface area contributed by atoms with Crippen molar-refractivity contribution in [1.29, 1.82) is 0 Å². The van der Waals surface area contributed by atoms with Crippen LogP contribution in [0.2, 0.25) is 0 Å². The SMILES string of the molecule is CNc1nc(N2CCCS(=O)(=O)CC2)cc(C(F)(F)F)n1. The highest BCUT2D eigenvalue weighted by molar-refractivity contribution is 7.91. The zero-order valence-electron chi connectivity index (χ0n) is 11.3. The fraction of sp³-hybridized carbons (Fsp3) is 0.636. The zero-order chi connectivity index (χ0) is 15.7. The molecule has 6 nitrogen and oxygen atoms in total. The molecule has 0 spiro atoms. The van der Waals surface area contributed by atoms with Crippen LogP contribution in [0.4, 0.5) is 24.9 Å². The molecule has 10 heteroatoms. The lowest BCUT2D eigenvalue weighted by molar-refractivity contribution is -0.141. The minimum atomic E-state index is -4.58. The first-order valence-corrected chi connectivity index (χ1v) is 8.13. The standard InChI is InChI=1S/C11H15F3N4O2S/c1-15-10-16-8(11(12,13)14)7-9(17-10)18-3-2-5-21(19,20)6-4-18/h7H,2-6H2,1H3,(H,15,16,17). The van der Waals surface area contributed by atoms with Crippen molar-refractivity contribution in [1.82, 2.24) is 9.97 Å². The van der Waals surface area contributed by atoms with Gasteiger partial charge in [-0.2, -0.15) is 18.2 Å². The van der Waals surface area contributed by atoms with E-state index in [4.69, 9.17) is 0 Å². The highest BCUT2D eigenvalue weighted by Crippen LogP contribution is 2.30. The van der Waals surface area contributed by atoms with E-state index in [-0.39, 0.29) is 29.8 Å². The Balaban J connectivity index is 2.34. The average molecular weight is 324 g/mol. The number of sulfone groups is 1. The van der Waals surface area contributed by atoms with Gasteiger partial charge in [0.1, 0.15) is 5.82 Å². The fourth-order valence-electron chi connectivity index (χ4n) is 2.02. The number of nitrogens with zero attached hydrogens (tertiary/aromatic N) is 3. The van der Waals surface area contributed by atoms with Crippen molar-refractivity contribution in [2.75, 3.05) is 41.9 Å². The van der Waals surface area contributed by atoms with E-state index in [1.807, 2.05) is 0 Å². The Morgan fingerprint density at radius 3 is 2.57 bits per heavy atom. The summed E-state index contributed by atoms with van der Waals surface area (Å²) in [5.41, 5.74) is -1.05. The number of hydrogen-bond donors (Lipinski definition) is 1. The molecule has 0 aliphatic carbocycles. The zero-order valence-corrected chi connectivity index (χ0v) is 12.1. The topological polar surface area (TPSA) is 75.2 Å². The largest absolute Gasteiger partial charge is 0.433 e. The minimum Gasteiger partial charge on any atom is -0.357 e. The van der Waals surface area contributed by atoms with Crippen molar-refractivity contribution in [3.05, 3.63) is 11.8 Å². The van der Waals surface area contributed by atoms with E-state index in [1.165, 1.54) is 7.05 Å². The molecule has 0 bridgehead atoms. The van der Waals surface area contributed by atoms with Gasteiger partial charge in [0.05, 0.1) is 11.5 Å². The Bertz CT molecular complexity index is 618. The Morgan fingerprint density at radius 1 is 1.24 bits per heavy atom. The lowest BCUT2D eigenvalue weighted by Crippen LogP contribution is -2.28. The summed E-state index contributed by atoms with van der Waals surface area (Å²) >= 11 is 0. The molecule has 0 unspecified atom stereocenters. The highest BCUT2D eigenvalue weighted by atomic mass is 32.2. The van der Waals surface area contributed by atoms with Crippen LogP contribution in [0.5, 0.6) is 0 Å². The molecule has 1 fully saturated rings. The predicted molar refractivity (Wildman–Crippen MR) is 72.1 cm³/mol. The van der Waals surface area contributed by atoms with Gasteiger partial charge in [0.15, 0.2) is 15.5 Å². The summed E-state index contributed by atoms with van der Waals surface area (Å²) in [5, 5.41) is 2.48. The highest BCUT2D eigenvalue weighted by Gasteiger charge is 2.34. The van der Waals surface area contributed by atoms with Crippen LogP contribution >= 0.6 is 0 Å². The normalized spacial score (nSPS) is 19.1. The van der Waals surface area contributed by atoms with Crippen molar-refractivity contribution in [2.24, 2.45) is 0 Å². The Kier molecular flexibility index (Phi) is 4.26. The van der Waals surface area contributed by atoms with E-state index in [1.54, 1.807) is 4.90 Å². The third-order valence-electron chi connectivity index (χ3n) is 3.11. The van der Waals surface area contributed by atoms with Crippen molar-refractivity contribution in [2.45, 2.75) is 12.6 Å². The molecule has 0 radical (unpaired) electrons. The summed E-state index contributed by atoms with van der Waals surface area (Å²) in [7, 11) is -1.71. The molecule has 1 aliphatic rings. The van der Waals surface area contributed by atoms with Crippen LogP contribution in [-0.2, 0) is 16.0 Å². The summed E-state index contributed by atoms with van der Waals surface area (Å²) in [6.07, 6.45) is -4.22. The van der Waals surface area contributed by atoms with Gasteiger partial charge in [-0.3, -0.25) is 0 Å². The number of rotatable bonds is 2. The van der Waals surface area contributed by atoms with Crippen molar-refractivity contribution < 1.29 is 21.6 Å². The van der Waals surface area contributed by atoms with E-state index in [2.05, 4.69) is 15.3 Å². The van der Waals surface area contributed by atoms with E-state index in [0.717, 1.165) is 6.07 Å². The van der Waals surface area contributed by atoms with Crippen molar-refractivity contribution >= 4 is 21.6 Å². The lowest BCUT2D eigenvalue weighted by Gasteiger charge is -2.22. The number of aromatic nitrogens is 2. The second-order valence-electron chi connectivity index (χ2n) is 4.68. The lowest BCUT2D eigenvalue weighted by atomic mass is 10.3. The number of hydrogen-bond acceptors (Lipinski definition) is 6. The van der Waals surface area contributed by atoms with Gasteiger partial charge in [-0.05, 0) is 6.42 Å². The monoisotopic (exact) mass is 324 g/mol. The third-order valence-corrected chi connectivity index (χ3v) is 4.82. The van der Waals surface area contributed by atoms with Crippen LogP contribution in [0.3, 0.4) is 0 Å². The number of nitrogens with one attached hydrogen (secondary N) is 1. The molecule has 0 amide bonds. The van der Waals surface area contributed by atoms with E-state index >= 15 is 0 Å². The average Bonchev–Trinajstić information content (AvgIpc) is 2.58. The predicted octanol–water partition coefficient (Wildman–Crippen LogP) is 1.16. The van der Waals surface area contributed by atoms with Gasteiger partial charge in [0, 0.05) is 26.2 Å². The van der Waals surface area contributed by atoms with Crippen LogP contribution in [0.25, 0.3) is 0 Å². The molecule has 2 rings (SSSR count). The summed E-state index contributed by atoms with van der Waals surface area (Å²) in [5.74, 6) is -0.113. The molecule has 1 saturated heterocycles. The number of alkyl halides is 3. The third kappa shape index (κ3) is 3.96. The number of halogens is 3. The van der Waals surface area contributed by atoms with Gasteiger partial charge >= 0.3 is 6.18 Å². The van der Waals surface area contributed by atoms with Gasteiger partial charge in [-0.15, -0.1) is 0 Å². The van der Waals surface area contributed by atoms with Crippen LogP contribution in [0.1, 0.15) is 12.1 Å². The van der Waals surface area contributed by atoms with Crippen LogP contribution in [0, 0.1) is 0 Å². The van der Waals surface area contributed by atoms with Gasteiger partial charge in [-0.25, -0.2) is 13.4 Å². The van der Waals surface area contributed by atoms with Gasteiger partial charge < -0.3 is 10.2 Å². The molecular formula is C11H15F3N4O2S. The second kappa shape index (κ2) is 5.66. The number of anilines is 2. The molecule has 0 atom stereocenters. The summed E-state index contributed by atoms with van der Waals surface area (Å²) in [4.78, 5) is 8.91. The second-order valence-corrected chi connectivity index (χ2v) is 6.98. The molecular weight excluding hydrogens is 309 g/mol. The maximum absolute atomic E-state index is 12.8. The minimum absolute atomic E-state index is 0.0413. The van der Waals surface area contributed by atoms with Gasteiger partial charge in [-0.1, -0.05) is 0 Å². The maximum Gasteiger partial charge on any atom is 0.433 e. The molecule has 118 valence electrons. The molecule has 1 N–H and O–H groups in total. The summed E-state index contributed by atoms with van der Waals surface area (Å²) < 4.78 is 61.6. The molecule has 2 heterocycles. The molecule has 21 heavy (non-hydrogen) atoms. The van der Waals surface area contributed by atoms with Gasteiger partial charge in [0.25, 0.3) is 0 Å². The molecule has 0 saturated carbocycles. The van der Waals surface area contributed by atoms with Crippen LogP contribution < -0.4 is 10.2 Å². The Hall–Kier alpha value is -1.58. The molecule has 1 aliphatic heterocycles. The Labute approximate surface area is 120 Å². The first-order valence-electron chi connectivity index (χ1n) is 6.31. The first kappa shape index (κ1) is 15.8. The maximum atomic E-state index is 12.8. The smallest absolute Gasteiger partial charge is 0.357 e. The summed E-state index contributed by atoms with van der Waals surface area (Å²) in [6.45, 7) is 0.469. The molecule has 1 aromatic heterocycles. The van der Waals surface area contributed by atoms with E-state index in [0.29, 0.717) is 13.0 Å². The molecule has 0 aromatic carbocycles. The van der Waals surface area contributed by atoms with Crippen LogP contribution in [-0.4, -0.2) is 50.0 Å². The van der Waals surface area contributed by atoms with E-state index < -0.39 is 21.7 Å². The fourth-order valence-corrected chi connectivity index (χ4v) is 3.29. The van der Waals surface area contributed by atoms with Crippen molar-refractivity contribution in [3.8, 4) is 0 Å². The Morgan fingerprint density at radius 2 is 1.95 bits per heavy atom.